The molecule has 1 atom stereocenters. The third kappa shape index (κ3) is 6.34. The highest BCUT2D eigenvalue weighted by molar-refractivity contribution is 5.98. The minimum atomic E-state index is -4.37. The lowest BCUT2D eigenvalue weighted by Gasteiger charge is -2.22. The summed E-state index contributed by atoms with van der Waals surface area (Å²) >= 11 is 0. The molecule has 7 heteroatoms. The van der Waals surface area contributed by atoms with Gasteiger partial charge in [-0.15, -0.1) is 0 Å². The van der Waals surface area contributed by atoms with Crippen LogP contribution in [0, 0.1) is 12.8 Å². The smallest absolute Gasteiger partial charge is 0.354 e. The van der Waals surface area contributed by atoms with E-state index in [0.29, 0.717) is 17.5 Å². The highest BCUT2D eigenvalue weighted by atomic mass is 19.4. The molecule has 29 heavy (non-hydrogen) atoms. The largest absolute Gasteiger partial charge is 0.416 e. The molecule has 0 saturated carbocycles. The predicted octanol–water partition coefficient (Wildman–Crippen LogP) is 4.13. The lowest BCUT2D eigenvalue weighted by molar-refractivity contribution is -0.137. The number of hydrogen-bond acceptors (Lipinski definition) is 2. The van der Waals surface area contributed by atoms with Crippen molar-refractivity contribution in [1.82, 2.24) is 10.6 Å². The first-order chi connectivity index (χ1) is 13.6. The van der Waals surface area contributed by atoms with Crippen LogP contribution in [0.5, 0.6) is 0 Å². The van der Waals surface area contributed by atoms with Gasteiger partial charge in [0.2, 0.25) is 5.91 Å². The molecule has 0 spiro atoms. The van der Waals surface area contributed by atoms with Crippen molar-refractivity contribution in [2.75, 3.05) is 6.54 Å². The summed E-state index contributed by atoms with van der Waals surface area (Å²) in [6.45, 7) is 5.74. The van der Waals surface area contributed by atoms with Gasteiger partial charge in [-0.05, 0) is 48.6 Å². The Morgan fingerprint density at radius 3 is 2.17 bits per heavy atom. The normalized spacial score (nSPS) is 12.5. The fourth-order valence-electron chi connectivity index (χ4n) is 2.88. The number of carbonyl (C=O) groups is 2. The monoisotopic (exact) mass is 406 g/mol. The summed E-state index contributed by atoms with van der Waals surface area (Å²) in [5.41, 5.74) is 1.30. The lowest BCUT2D eigenvalue weighted by Crippen LogP contribution is -2.50. The molecule has 2 N–H and O–H groups in total. The zero-order valence-electron chi connectivity index (χ0n) is 16.6. The number of carbonyl (C=O) groups excluding carboxylic acids is 2. The number of aryl methyl sites for hydroxylation is 1. The van der Waals surface area contributed by atoms with Crippen LogP contribution in [0.4, 0.5) is 13.2 Å². The Balaban J connectivity index is 1.93. The van der Waals surface area contributed by atoms with Gasteiger partial charge in [-0.1, -0.05) is 44.2 Å². The highest BCUT2D eigenvalue weighted by Gasteiger charge is 2.30. The van der Waals surface area contributed by atoms with E-state index < -0.39 is 17.8 Å². The SMILES string of the molecule is Cc1ccccc1C(=O)N[C@@H](C(=O)NCCc1ccc(C(F)(F)F)cc1)C(C)C. The average molecular weight is 406 g/mol. The Kier molecular flexibility index (Phi) is 7.42. The Labute approximate surface area is 168 Å². The first-order valence-corrected chi connectivity index (χ1v) is 9.40. The molecule has 0 aromatic heterocycles. The summed E-state index contributed by atoms with van der Waals surface area (Å²) in [4.78, 5) is 25.0. The molecule has 4 nitrogen and oxygen atoms in total. The van der Waals surface area contributed by atoms with Gasteiger partial charge in [-0.2, -0.15) is 13.2 Å². The van der Waals surface area contributed by atoms with Crippen LogP contribution in [0.15, 0.2) is 48.5 Å². The van der Waals surface area contributed by atoms with E-state index in [-0.39, 0.29) is 24.3 Å². The van der Waals surface area contributed by atoms with Crippen molar-refractivity contribution in [2.45, 2.75) is 39.4 Å². The van der Waals surface area contributed by atoms with Gasteiger partial charge in [0.25, 0.3) is 5.91 Å². The molecular weight excluding hydrogens is 381 g/mol. The number of rotatable bonds is 7. The van der Waals surface area contributed by atoms with Gasteiger partial charge in [0.05, 0.1) is 5.56 Å². The second-order valence-electron chi connectivity index (χ2n) is 7.25. The van der Waals surface area contributed by atoms with E-state index in [1.165, 1.54) is 12.1 Å². The van der Waals surface area contributed by atoms with E-state index in [4.69, 9.17) is 0 Å². The Hall–Kier alpha value is -2.83. The standard InChI is InChI=1S/C22H25F3N2O2/c1-14(2)19(27-20(28)18-7-5-4-6-15(18)3)21(29)26-13-12-16-8-10-17(11-9-16)22(23,24)25/h4-11,14,19H,12-13H2,1-3H3,(H,26,29)(H,27,28)/t19-/m1/s1. The maximum absolute atomic E-state index is 12.6. The molecule has 156 valence electrons. The van der Waals surface area contributed by atoms with Crippen LogP contribution in [0.25, 0.3) is 0 Å². The van der Waals surface area contributed by atoms with Crippen LogP contribution < -0.4 is 10.6 Å². The minimum absolute atomic E-state index is 0.131. The molecule has 0 fully saturated rings. The summed E-state index contributed by atoms with van der Waals surface area (Å²) in [6.07, 6.45) is -3.98. The van der Waals surface area contributed by atoms with E-state index in [0.717, 1.165) is 17.7 Å². The number of alkyl halides is 3. The fraction of sp³-hybridized carbons (Fsp3) is 0.364. The van der Waals surface area contributed by atoms with E-state index in [9.17, 15) is 22.8 Å². The summed E-state index contributed by atoms with van der Waals surface area (Å²) < 4.78 is 37.8. The Morgan fingerprint density at radius 1 is 1.00 bits per heavy atom. The van der Waals surface area contributed by atoms with Gasteiger partial charge in [-0.3, -0.25) is 9.59 Å². The van der Waals surface area contributed by atoms with Crippen LogP contribution in [0.3, 0.4) is 0 Å². The molecule has 0 unspecified atom stereocenters. The van der Waals surface area contributed by atoms with Crippen LogP contribution in [-0.4, -0.2) is 24.4 Å². The Morgan fingerprint density at radius 2 is 1.62 bits per heavy atom. The van der Waals surface area contributed by atoms with Gasteiger partial charge in [0.1, 0.15) is 6.04 Å². The number of nitrogens with one attached hydrogen (secondary N) is 2. The van der Waals surface area contributed by atoms with Crippen LogP contribution in [0.1, 0.15) is 40.9 Å². The van der Waals surface area contributed by atoms with Crippen molar-refractivity contribution in [1.29, 1.82) is 0 Å². The second-order valence-corrected chi connectivity index (χ2v) is 7.25. The first kappa shape index (κ1) is 22.5. The van der Waals surface area contributed by atoms with Crippen LogP contribution in [-0.2, 0) is 17.4 Å². The molecule has 0 aliphatic rings. The van der Waals surface area contributed by atoms with Gasteiger partial charge >= 0.3 is 6.18 Å². The molecular formula is C22H25F3N2O2. The van der Waals surface area contributed by atoms with E-state index >= 15 is 0 Å². The number of hydrogen-bond donors (Lipinski definition) is 2. The molecule has 0 bridgehead atoms. The topological polar surface area (TPSA) is 58.2 Å². The van der Waals surface area contributed by atoms with Crippen molar-refractivity contribution in [3.63, 3.8) is 0 Å². The number of benzene rings is 2. The quantitative estimate of drug-likeness (QED) is 0.727. The first-order valence-electron chi connectivity index (χ1n) is 9.40. The fourth-order valence-corrected chi connectivity index (χ4v) is 2.88. The highest BCUT2D eigenvalue weighted by Crippen LogP contribution is 2.29. The van der Waals surface area contributed by atoms with Crippen molar-refractivity contribution >= 4 is 11.8 Å². The van der Waals surface area contributed by atoms with Gasteiger partial charge in [-0.25, -0.2) is 0 Å². The molecule has 2 aromatic carbocycles. The molecule has 0 heterocycles. The van der Waals surface area contributed by atoms with E-state index in [2.05, 4.69) is 10.6 Å². The molecule has 2 rings (SSSR count). The maximum Gasteiger partial charge on any atom is 0.416 e. The van der Waals surface area contributed by atoms with Crippen molar-refractivity contribution in [3.05, 3.63) is 70.8 Å². The minimum Gasteiger partial charge on any atom is -0.354 e. The zero-order chi connectivity index (χ0) is 21.6. The van der Waals surface area contributed by atoms with Gasteiger partial charge in [0, 0.05) is 12.1 Å². The van der Waals surface area contributed by atoms with Crippen LogP contribution in [0.2, 0.25) is 0 Å². The zero-order valence-corrected chi connectivity index (χ0v) is 16.6. The molecule has 0 aliphatic carbocycles. The number of halogens is 3. The Bertz CT molecular complexity index is 846. The maximum atomic E-state index is 12.6. The summed E-state index contributed by atoms with van der Waals surface area (Å²) in [6, 6.07) is 11.2. The van der Waals surface area contributed by atoms with Crippen molar-refractivity contribution < 1.29 is 22.8 Å². The molecule has 0 saturated heterocycles. The summed E-state index contributed by atoms with van der Waals surface area (Å²) in [7, 11) is 0. The van der Waals surface area contributed by atoms with E-state index in [1.54, 1.807) is 12.1 Å². The molecule has 0 radical (unpaired) electrons. The molecule has 2 aromatic rings. The summed E-state index contributed by atoms with van der Waals surface area (Å²) in [5, 5.41) is 5.52. The van der Waals surface area contributed by atoms with Crippen molar-refractivity contribution in [3.8, 4) is 0 Å². The third-order valence-corrected chi connectivity index (χ3v) is 4.62. The van der Waals surface area contributed by atoms with Gasteiger partial charge in [0.15, 0.2) is 0 Å². The van der Waals surface area contributed by atoms with Crippen molar-refractivity contribution in [2.24, 2.45) is 5.92 Å². The van der Waals surface area contributed by atoms with Crippen LogP contribution >= 0.6 is 0 Å². The second kappa shape index (κ2) is 9.58. The average Bonchev–Trinajstić information content (AvgIpc) is 2.65. The van der Waals surface area contributed by atoms with Gasteiger partial charge < -0.3 is 10.6 Å². The number of amides is 2. The summed E-state index contributed by atoms with van der Waals surface area (Å²) in [5.74, 6) is -0.775. The van der Waals surface area contributed by atoms with E-state index in [1.807, 2.05) is 32.9 Å². The molecule has 0 aliphatic heterocycles. The predicted molar refractivity (Wildman–Crippen MR) is 105 cm³/mol. The third-order valence-electron chi connectivity index (χ3n) is 4.62. The molecule has 2 amide bonds. The lowest BCUT2D eigenvalue weighted by atomic mass is 10.0.